The first kappa shape index (κ1) is 48.0. The minimum absolute atomic E-state index is 0.0801. The molecule has 1 aliphatic heterocycles. The zero-order valence-electron chi connectivity index (χ0n) is 43.9. The summed E-state index contributed by atoms with van der Waals surface area (Å²) in [7, 11) is 0. The van der Waals surface area contributed by atoms with E-state index in [1.807, 2.05) is 6.07 Å². The number of ether oxygens (including phenoxy) is 1. The molecule has 0 saturated carbocycles. The standard InChI is InChI=1S/C76H54N2O2/c1-7-21-57(22-8-1)71-69-35-19-33-67(75(69)79-73(71)59-25-11-3-12-26-59)55-41-49-65(50-42-55)77(61-29-15-5-16-30-61)63-45-37-53(38-46-63)54-39-47-64(48-40-54)78(62-31-17-6-18-32-62)66-51-43-56(44-52-66)68-34-20-36-70-72(58-23-9-2-10-24-58)74(80-76(68)70)60-27-13-4-14-28-60/h1-52,71,73H. The Kier molecular flexibility index (Phi) is 12.7. The Hall–Kier alpha value is -10.4. The lowest BCUT2D eigenvalue weighted by Crippen LogP contribution is -2.11. The number of nitrogens with zero attached hydrogens (tertiary/aromatic N) is 2. The molecular formula is C76H54N2O2. The molecule has 0 aliphatic carbocycles. The molecule has 0 radical (unpaired) electrons. The van der Waals surface area contributed by atoms with Crippen LogP contribution >= 0.6 is 0 Å². The van der Waals surface area contributed by atoms with Gasteiger partial charge in [-0.05, 0) is 112 Å². The van der Waals surface area contributed by atoms with E-state index in [1.165, 1.54) is 16.7 Å². The summed E-state index contributed by atoms with van der Waals surface area (Å²) in [5.74, 6) is 1.90. The molecule has 0 spiro atoms. The van der Waals surface area contributed by atoms with Crippen LogP contribution in [0.3, 0.4) is 0 Å². The van der Waals surface area contributed by atoms with Crippen molar-refractivity contribution in [1.29, 1.82) is 0 Å². The number of hydrogen-bond acceptors (Lipinski definition) is 4. The van der Waals surface area contributed by atoms with Gasteiger partial charge in [-0.25, -0.2) is 0 Å². The van der Waals surface area contributed by atoms with E-state index in [1.54, 1.807) is 0 Å². The van der Waals surface area contributed by atoms with Gasteiger partial charge in [0.1, 0.15) is 23.2 Å². The first-order chi connectivity index (χ1) is 39.7. The number of hydrogen-bond donors (Lipinski definition) is 0. The highest BCUT2D eigenvalue weighted by atomic mass is 16.5. The van der Waals surface area contributed by atoms with E-state index in [9.17, 15) is 0 Å². The Labute approximate surface area is 467 Å². The van der Waals surface area contributed by atoms with Gasteiger partial charge in [0.25, 0.3) is 0 Å². The van der Waals surface area contributed by atoms with Gasteiger partial charge < -0.3 is 19.0 Å². The third-order valence-corrected chi connectivity index (χ3v) is 15.5. The number of furan rings is 1. The fraction of sp³-hybridized carbons (Fsp3) is 0.0263. The molecule has 0 amide bonds. The van der Waals surface area contributed by atoms with E-state index in [4.69, 9.17) is 9.15 Å². The normalized spacial score (nSPS) is 13.6. The molecule has 80 heavy (non-hydrogen) atoms. The molecule has 1 aliphatic rings. The second-order valence-corrected chi connectivity index (χ2v) is 20.3. The van der Waals surface area contributed by atoms with Crippen molar-refractivity contribution in [3.05, 3.63) is 332 Å². The third kappa shape index (κ3) is 9.09. The van der Waals surface area contributed by atoms with Crippen molar-refractivity contribution >= 4 is 45.1 Å². The van der Waals surface area contributed by atoms with Gasteiger partial charge in [0.2, 0.25) is 0 Å². The van der Waals surface area contributed by atoms with E-state index >= 15 is 0 Å². The average Bonchev–Trinajstić information content (AvgIpc) is 4.21. The van der Waals surface area contributed by atoms with Gasteiger partial charge in [-0.15, -0.1) is 0 Å². The number of para-hydroxylation sites is 4. The number of rotatable bonds is 13. The summed E-state index contributed by atoms with van der Waals surface area (Å²) in [6.45, 7) is 0. The van der Waals surface area contributed by atoms with Crippen molar-refractivity contribution in [2.24, 2.45) is 0 Å². The van der Waals surface area contributed by atoms with E-state index in [0.717, 1.165) is 107 Å². The minimum Gasteiger partial charge on any atom is -0.484 e. The van der Waals surface area contributed by atoms with Crippen LogP contribution in [-0.2, 0) is 0 Å². The SMILES string of the molecule is c1ccc(-c2oc3c(-c4ccc(N(c5ccccc5)c5ccc(-c6ccc(N(c7ccccc7)c7ccc(-c8cccc9c8OC(c8ccccc8)C9c8ccccc8)cc7)cc6)cc5)cc4)cccc3c2-c2ccccc2)cc1. The molecule has 4 nitrogen and oxygen atoms in total. The maximum absolute atomic E-state index is 7.01. The van der Waals surface area contributed by atoms with Crippen LogP contribution in [0.1, 0.15) is 28.7 Å². The summed E-state index contributed by atoms with van der Waals surface area (Å²) in [6, 6.07) is 112. The minimum atomic E-state index is -0.127. The lowest BCUT2D eigenvalue weighted by Gasteiger charge is -2.26. The smallest absolute Gasteiger partial charge is 0.143 e. The first-order valence-corrected chi connectivity index (χ1v) is 27.4. The van der Waals surface area contributed by atoms with Crippen LogP contribution in [0.2, 0.25) is 0 Å². The van der Waals surface area contributed by atoms with Crippen LogP contribution in [0, 0.1) is 0 Å². The summed E-state index contributed by atoms with van der Waals surface area (Å²) in [6.07, 6.45) is -0.127. The zero-order valence-corrected chi connectivity index (χ0v) is 43.9. The first-order valence-electron chi connectivity index (χ1n) is 27.4. The Morgan fingerprint density at radius 2 is 0.662 bits per heavy atom. The second-order valence-electron chi connectivity index (χ2n) is 20.3. The lowest BCUT2D eigenvalue weighted by atomic mass is 9.84. The van der Waals surface area contributed by atoms with Crippen molar-refractivity contribution in [2.45, 2.75) is 12.0 Å². The monoisotopic (exact) mass is 1030 g/mol. The third-order valence-electron chi connectivity index (χ3n) is 15.5. The van der Waals surface area contributed by atoms with Gasteiger partial charge in [-0.1, -0.05) is 243 Å². The molecule has 2 atom stereocenters. The molecular weight excluding hydrogens is 973 g/mol. The highest BCUT2D eigenvalue weighted by Gasteiger charge is 2.38. The van der Waals surface area contributed by atoms with Crippen LogP contribution in [0.5, 0.6) is 5.75 Å². The van der Waals surface area contributed by atoms with Crippen LogP contribution in [0.25, 0.3) is 66.8 Å². The predicted molar refractivity (Wildman–Crippen MR) is 331 cm³/mol. The fourth-order valence-corrected chi connectivity index (χ4v) is 11.7. The molecule has 2 heterocycles. The van der Waals surface area contributed by atoms with Gasteiger partial charge in [0.15, 0.2) is 0 Å². The molecule has 13 aromatic rings. The topological polar surface area (TPSA) is 28.9 Å². The van der Waals surface area contributed by atoms with Crippen molar-refractivity contribution in [3.63, 3.8) is 0 Å². The Bertz CT molecular complexity index is 4210. The Morgan fingerprint density at radius 1 is 0.275 bits per heavy atom. The predicted octanol–water partition coefficient (Wildman–Crippen LogP) is 21.0. The molecule has 380 valence electrons. The van der Waals surface area contributed by atoms with Crippen molar-refractivity contribution in [2.75, 3.05) is 9.80 Å². The van der Waals surface area contributed by atoms with E-state index in [0.29, 0.717) is 0 Å². The fourth-order valence-electron chi connectivity index (χ4n) is 11.7. The molecule has 0 saturated heterocycles. The number of benzene rings is 12. The lowest BCUT2D eigenvalue weighted by molar-refractivity contribution is 0.223. The molecule has 2 unspecified atom stereocenters. The van der Waals surface area contributed by atoms with E-state index < -0.39 is 0 Å². The molecule has 0 N–H and O–H groups in total. The molecule has 4 heteroatoms. The number of fused-ring (bicyclic) bond motifs is 2. The Morgan fingerprint density at radius 3 is 1.16 bits per heavy atom. The van der Waals surface area contributed by atoms with E-state index in [2.05, 4.69) is 319 Å². The molecule has 0 fully saturated rings. The summed E-state index contributed by atoms with van der Waals surface area (Å²) < 4.78 is 13.9. The van der Waals surface area contributed by atoms with Crippen LogP contribution in [0.4, 0.5) is 34.1 Å². The van der Waals surface area contributed by atoms with Gasteiger partial charge >= 0.3 is 0 Å². The van der Waals surface area contributed by atoms with Crippen molar-refractivity contribution in [1.82, 2.24) is 0 Å². The highest BCUT2D eigenvalue weighted by Crippen LogP contribution is 2.53. The number of anilines is 6. The summed E-state index contributed by atoms with van der Waals surface area (Å²) in [4.78, 5) is 4.64. The quantitative estimate of drug-likeness (QED) is 0.115. The molecule has 1 aromatic heterocycles. The highest BCUT2D eigenvalue weighted by molar-refractivity contribution is 6.07. The zero-order chi connectivity index (χ0) is 53.2. The largest absolute Gasteiger partial charge is 0.484 e. The van der Waals surface area contributed by atoms with E-state index in [-0.39, 0.29) is 12.0 Å². The van der Waals surface area contributed by atoms with Crippen LogP contribution in [0.15, 0.2) is 320 Å². The maximum Gasteiger partial charge on any atom is 0.143 e. The van der Waals surface area contributed by atoms with Crippen LogP contribution in [-0.4, -0.2) is 0 Å². The van der Waals surface area contributed by atoms with Crippen LogP contribution < -0.4 is 14.5 Å². The van der Waals surface area contributed by atoms with Gasteiger partial charge in [0, 0.05) is 67.3 Å². The van der Waals surface area contributed by atoms with Crippen molar-refractivity contribution in [3.8, 4) is 61.6 Å². The Balaban J connectivity index is 0.744. The summed E-state index contributed by atoms with van der Waals surface area (Å²) >= 11 is 0. The average molecular weight is 1030 g/mol. The second kappa shape index (κ2) is 21.2. The molecule has 0 bridgehead atoms. The summed E-state index contributed by atoms with van der Waals surface area (Å²) in [5, 5.41) is 1.09. The maximum atomic E-state index is 7.01. The van der Waals surface area contributed by atoms with Gasteiger partial charge in [-0.3, -0.25) is 0 Å². The van der Waals surface area contributed by atoms with Crippen molar-refractivity contribution < 1.29 is 9.15 Å². The molecule has 12 aromatic carbocycles. The summed E-state index contributed by atoms with van der Waals surface area (Å²) in [5.41, 5.74) is 20.8. The van der Waals surface area contributed by atoms with Gasteiger partial charge in [-0.2, -0.15) is 0 Å². The molecule has 14 rings (SSSR count). The van der Waals surface area contributed by atoms with Gasteiger partial charge in [0.05, 0.1) is 5.92 Å².